The van der Waals surface area contributed by atoms with Gasteiger partial charge in [0.05, 0.1) is 19.8 Å². The van der Waals surface area contributed by atoms with Gasteiger partial charge in [-0.25, -0.2) is 0 Å². The van der Waals surface area contributed by atoms with Crippen molar-refractivity contribution >= 4 is 23.8 Å². The van der Waals surface area contributed by atoms with Crippen molar-refractivity contribution in [2.24, 2.45) is 9.98 Å². The van der Waals surface area contributed by atoms with Crippen LogP contribution in [0.3, 0.4) is 0 Å². The van der Waals surface area contributed by atoms with E-state index in [0.29, 0.717) is 19.8 Å². The molecule has 0 amide bonds. The molecule has 0 saturated carbocycles. The lowest BCUT2D eigenvalue weighted by atomic mass is 10.0. The second-order valence-electron chi connectivity index (χ2n) is 12.0. The first kappa shape index (κ1) is 37.4. The van der Waals surface area contributed by atoms with E-state index in [1.165, 1.54) is 51.4 Å². The Morgan fingerprint density at radius 3 is 1.45 bits per heavy atom. The van der Waals surface area contributed by atoms with E-state index in [-0.39, 0.29) is 0 Å². The fraction of sp³-hybridized carbons (Fsp3) is 0.476. The van der Waals surface area contributed by atoms with Gasteiger partial charge >= 0.3 is 0 Å². The maximum Gasteiger partial charge on any atom is 0.144 e. The van der Waals surface area contributed by atoms with Crippen molar-refractivity contribution in [2.45, 2.75) is 111 Å². The van der Waals surface area contributed by atoms with Crippen molar-refractivity contribution in [2.75, 3.05) is 19.8 Å². The summed E-state index contributed by atoms with van der Waals surface area (Å²) >= 11 is 0. The van der Waals surface area contributed by atoms with Crippen LogP contribution in [0.5, 0.6) is 17.2 Å². The standard InChI is InChI=1S/C42H56N2O3/c1-5-9-12-13-14-15-16-17-18-23-30-47-42-36(33-43-38-24-19-21-26-40(38)45-28-10-6-2)31-35(8-4)32-37(42)34-44-39-25-20-22-27-41(39)46-29-11-7-3/h4,19-22,24-27,31-34H,5-7,9-18,23,28-30H2,1-3H3. The Bertz CT molecular complexity index is 1320. The van der Waals surface area contributed by atoms with Crippen LogP contribution in [0.1, 0.15) is 127 Å². The van der Waals surface area contributed by atoms with E-state index in [1.54, 1.807) is 0 Å². The van der Waals surface area contributed by atoms with Gasteiger partial charge in [0.1, 0.15) is 28.6 Å². The molecule has 0 heterocycles. The summed E-state index contributed by atoms with van der Waals surface area (Å²) in [4.78, 5) is 9.70. The molecule has 0 atom stereocenters. The highest BCUT2D eigenvalue weighted by molar-refractivity contribution is 5.95. The number of unbranched alkanes of at least 4 members (excludes halogenated alkanes) is 11. The van der Waals surface area contributed by atoms with E-state index in [4.69, 9.17) is 30.6 Å². The molecular formula is C42H56N2O3. The summed E-state index contributed by atoms with van der Waals surface area (Å²) in [5.74, 6) is 5.06. The molecule has 252 valence electrons. The number of benzene rings is 3. The van der Waals surface area contributed by atoms with E-state index in [2.05, 4.69) is 26.7 Å². The smallest absolute Gasteiger partial charge is 0.144 e. The van der Waals surface area contributed by atoms with Gasteiger partial charge in [0.15, 0.2) is 0 Å². The summed E-state index contributed by atoms with van der Waals surface area (Å²) in [5.41, 5.74) is 3.89. The maximum absolute atomic E-state index is 6.52. The number of nitrogens with zero attached hydrogens (tertiary/aromatic N) is 2. The highest BCUT2D eigenvalue weighted by Crippen LogP contribution is 2.31. The highest BCUT2D eigenvalue weighted by atomic mass is 16.5. The molecule has 0 spiro atoms. The second kappa shape index (κ2) is 23.3. The van der Waals surface area contributed by atoms with Crippen LogP contribution < -0.4 is 14.2 Å². The molecule has 5 heteroatoms. The van der Waals surface area contributed by atoms with Crippen LogP contribution in [0, 0.1) is 12.3 Å². The van der Waals surface area contributed by atoms with E-state index >= 15 is 0 Å². The van der Waals surface area contributed by atoms with E-state index in [9.17, 15) is 0 Å². The Morgan fingerprint density at radius 2 is 0.979 bits per heavy atom. The van der Waals surface area contributed by atoms with Gasteiger partial charge in [-0.1, -0.05) is 122 Å². The summed E-state index contributed by atoms with van der Waals surface area (Å²) in [5, 5.41) is 0. The summed E-state index contributed by atoms with van der Waals surface area (Å²) in [7, 11) is 0. The number of rotatable bonds is 24. The zero-order valence-corrected chi connectivity index (χ0v) is 29.1. The average molecular weight is 637 g/mol. The van der Waals surface area contributed by atoms with Crippen LogP contribution in [0.2, 0.25) is 0 Å². The van der Waals surface area contributed by atoms with Gasteiger partial charge in [0, 0.05) is 29.1 Å². The first-order valence-electron chi connectivity index (χ1n) is 18.0. The fourth-order valence-electron chi connectivity index (χ4n) is 5.18. The van der Waals surface area contributed by atoms with Crippen LogP contribution in [0.4, 0.5) is 11.4 Å². The molecule has 0 aliphatic rings. The first-order chi connectivity index (χ1) is 23.2. The number of terminal acetylenes is 1. The van der Waals surface area contributed by atoms with Crippen LogP contribution in [0.15, 0.2) is 70.6 Å². The normalized spacial score (nSPS) is 11.3. The minimum Gasteiger partial charge on any atom is -0.492 e. The Kier molecular flexibility index (Phi) is 18.6. The Labute approximate surface area is 284 Å². The lowest BCUT2D eigenvalue weighted by Crippen LogP contribution is -2.04. The molecule has 0 saturated heterocycles. The molecule has 3 aromatic carbocycles. The van der Waals surface area contributed by atoms with Crippen LogP contribution in [0.25, 0.3) is 0 Å². The lowest BCUT2D eigenvalue weighted by molar-refractivity contribution is 0.303. The number of hydrogen-bond donors (Lipinski definition) is 0. The Morgan fingerprint density at radius 1 is 0.553 bits per heavy atom. The van der Waals surface area contributed by atoms with Gasteiger partial charge in [-0.05, 0) is 55.7 Å². The van der Waals surface area contributed by atoms with Crippen LogP contribution in [-0.4, -0.2) is 32.2 Å². The topological polar surface area (TPSA) is 52.4 Å². The minimum atomic E-state index is 0.612. The Hall–Kier alpha value is -4.04. The molecule has 0 unspecified atom stereocenters. The van der Waals surface area contributed by atoms with Crippen molar-refractivity contribution in [1.29, 1.82) is 0 Å². The van der Waals surface area contributed by atoms with E-state index < -0.39 is 0 Å². The van der Waals surface area contributed by atoms with Crippen LogP contribution >= 0.6 is 0 Å². The van der Waals surface area contributed by atoms with Gasteiger partial charge in [0.2, 0.25) is 0 Å². The number of hydrogen-bond acceptors (Lipinski definition) is 5. The predicted octanol–water partition coefficient (Wildman–Crippen LogP) is 11.8. The summed E-state index contributed by atoms with van der Waals surface area (Å²) in [6.45, 7) is 8.51. The summed E-state index contributed by atoms with van der Waals surface area (Å²) < 4.78 is 18.6. The lowest BCUT2D eigenvalue weighted by Gasteiger charge is -2.14. The zero-order valence-electron chi connectivity index (χ0n) is 29.1. The van der Waals surface area contributed by atoms with Crippen molar-refractivity contribution in [3.63, 3.8) is 0 Å². The van der Waals surface area contributed by atoms with Crippen molar-refractivity contribution < 1.29 is 14.2 Å². The highest BCUT2D eigenvalue weighted by Gasteiger charge is 2.12. The molecule has 0 aliphatic carbocycles. The van der Waals surface area contributed by atoms with Gasteiger partial charge < -0.3 is 14.2 Å². The third-order valence-corrected chi connectivity index (χ3v) is 7.98. The molecule has 0 radical (unpaired) electrons. The molecule has 0 fully saturated rings. The molecule has 3 aromatic rings. The van der Waals surface area contributed by atoms with Crippen molar-refractivity contribution in [1.82, 2.24) is 0 Å². The SMILES string of the molecule is C#Cc1cc(C=Nc2ccccc2OCCCC)c(OCCCCCCCCCCCC)c(C=Nc2ccccc2OCCCC)c1. The van der Waals surface area contributed by atoms with Gasteiger partial charge in [-0.2, -0.15) is 0 Å². The zero-order chi connectivity index (χ0) is 33.4. The minimum absolute atomic E-state index is 0.612. The quantitative estimate of drug-likeness (QED) is 0.0558. The monoisotopic (exact) mass is 636 g/mol. The van der Waals surface area contributed by atoms with Crippen LogP contribution in [-0.2, 0) is 0 Å². The maximum atomic E-state index is 6.52. The molecule has 0 aliphatic heterocycles. The molecule has 5 nitrogen and oxygen atoms in total. The van der Waals surface area contributed by atoms with E-state index in [0.717, 1.165) is 83.8 Å². The summed E-state index contributed by atoms with van der Waals surface area (Å²) in [6, 6.07) is 19.6. The van der Waals surface area contributed by atoms with Crippen molar-refractivity contribution in [3.8, 4) is 29.6 Å². The number of para-hydroxylation sites is 4. The van der Waals surface area contributed by atoms with E-state index in [1.807, 2.05) is 73.1 Å². The summed E-state index contributed by atoms with van der Waals surface area (Å²) in [6.07, 6.45) is 26.5. The van der Waals surface area contributed by atoms with Crippen molar-refractivity contribution in [3.05, 3.63) is 77.4 Å². The average Bonchev–Trinajstić information content (AvgIpc) is 3.10. The van der Waals surface area contributed by atoms with Gasteiger partial charge in [0.25, 0.3) is 0 Å². The molecule has 3 rings (SSSR count). The molecule has 47 heavy (non-hydrogen) atoms. The fourth-order valence-corrected chi connectivity index (χ4v) is 5.18. The molecule has 0 bridgehead atoms. The number of ether oxygens (including phenoxy) is 3. The molecule has 0 N–H and O–H groups in total. The second-order valence-corrected chi connectivity index (χ2v) is 12.0. The van der Waals surface area contributed by atoms with Gasteiger partial charge in [-0.3, -0.25) is 9.98 Å². The number of aliphatic imine (C=N–C) groups is 2. The predicted molar refractivity (Wildman–Crippen MR) is 200 cm³/mol. The Balaban J connectivity index is 1.82. The third kappa shape index (κ3) is 14.1. The molecule has 0 aromatic heterocycles. The third-order valence-electron chi connectivity index (χ3n) is 7.98. The largest absolute Gasteiger partial charge is 0.492 e. The molecular weight excluding hydrogens is 580 g/mol. The van der Waals surface area contributed by atoms with Gasteiger partial charge in [-0.15, -0.1) is 6.42 Å². The first-order valence-corrected chi connectivity index (χ1v) is 18.0.